The van der Waals surface area contributed by atoms with Gasteiger partial charge in [0.1, 0.15) is 0 Å². The zero-order chi connectivity index (χ0) is 34.9. The van der Waals surface area contributed by atoms with Crippen LogP contribution in [0.15, 0.2) is 133 Å². The number of hydrogen-bond acceptors (Lipinski definition) is 7. The van der Waals surface area contributed by atoms with Crippen molar-refractivity contribution in [1.29, 1.82) is 21.0 Å². The highest BCUT2D eigenvalue weighted by molar-refractivity contribution is 6.11. The summed E-state index contributed by atoms with van der Waals surface area (Å²) in [5.74, 6) is 1.30. The molecule has 6 aromatic carbocycles. The molecule has 0 saturated carbocycles. The molecule has 234 valence electrons. The maximum absolute atomic E-state index is 10.0. The minimum Gasteiger partial charge on any atom is -0.278 e. The molecular formula is C43H22N8. The lowest BCUT2D eigenvalue weighted by Crippen LogP contribution is -2.06. The second-order valence-electron chi connectivity index (χ2n) is 11.7. The molecule has 0 aliphatic carbocycles. The molecule has 0 N–H and O–H groups in total. The highest BCUT2D eigenvalue weighted by atomic mass is 15.2. The summed E-state index contributed by atoms with van der Waals surface area (Å²) in [6.07, 6.45) is 0. The summed E-state index contributed by atoms with van der Waals surface area (Å²) >= 11 is 0. The van der Waals surface area contributed by atoms with Crippen LogP contribution in [0.3, 0.4) is 0 Å². The fourth-order valence-corrected chi connectivity index (χ4v) is 6.54. The third kappa shape index (κ3) is 5.20. The molecule has 2 aromatic heterocycles. The van der Waals surface area contributed by atoms with Crippen LogP contribution in [0.1, 0.15) is 22.3 Å². The van der Waals surface area contributed by atoms with E-state index >= 15 is 0 Å². The lowest BCUT2D eigenvalue weighted by atomic mass is 9.94. The zero-order valence-electron chi connectivity index (χ0n) is 26.8. The minimum atomic E-state index is 0.347. The molecule has 8 rings (SSSR count). The molecule has 51 heavy (non-hydrogen) atoms. The topological polar surface area (TPSA) is 139 Å². The zero-order valence-corrected chi connectivity index (χ0v) is 26.8. The third-order valence-corrected chi connectivity index (χ3v) is 8.84. The second-order valence-corrected chi connectivity index (χ2v) is 11.7. The van der Waals surface area contributed by atoms with Gasteiger partial charge in [-0.15, -0.1) is 0 Å². The van der Waals surface area contributed by atoms with Crippen molar-refractivity contribution in [2.75, 3.05) is 0 Å². The highest BCUT2D eigenvalue weighted by Gasteiger charge is 2.21. The van der Waals surface area contributed by atoms with Crippen molar-refractivity contribution in [3.8, 4) is 75.3 Å². The first-order valence-corrected chi connectivity index (χ1v) is 15.9. The molecule has 8 nitrogen and oxygen atoms in total. The van der Waals surface area contributed by atoms with Crippen molar-refractivity contribution in [2.24, 2.45) is 0 Å². The molecule has 2 heterocycles. The number of benzene rings is 6. The number of fused-ring (bicyclic) bond motifs is 3. The van der Waals surface area contributed by atoms with E-state index in [0.717, 1.165) is 32.9 Å². The van der Waals surface area contributed by atoms with E-state index < -0.39 is 0 Å². The van der Waals surface area contributed by atoms with Gasteiger partial charge < -0.3 is 0 Å². The van der Waals surface area contributed by atoms with E-state index in [4.69, 9.17) is 15.0 Å². The fraction of sp³-hybridized carbons (Fsp3) is 0. The summed E-state index contributed by atoms with van der Waals surface area (Å²) in [5.41, 5.74) is 7.05. The van der Waals surface area contributed by atoms with Crippen molar-refractivity contribution >= 4 is 21.8 Å². The Morgan fingerprint density at radius 3 is 1.16 bits per heavy atom. The molecule has 0 radical (unpaired) electrons. The highest BCUT2D eigenvalue weighted by Crippen LogP contribution is 2.39. The average molecular weight is 651 g/mol. The predicted octanol–water partition coefficient (Wildman–Crippen LogP) is 9.12. The Bertz CT molecular complexity index is 2590. The molecule has 0 spiro atoms. The van der Waals surface area contributed by atoms with E-state index in [1.165, 1.54) is 0 Å². The molecule has 0 aliphatic heterocycles. The van der Waals surface area contributed by atoms with Crippen LogP contribution in [0.4, 0.5) is 0 Å². The van der Waals surface area contributed by atoms with Crippen molar-refractivity contribution < 1.29 is 0 Å². The maximum Gasteiger partial charge on any atom is 0.238 e. The Morgan fingerprint density at radius 2 is 0.784 bits per heavy atom. The van der Waals surface area contributed by atoms with Crippen LogP contribution < -0.4 is 0 Å². The van der Waals surface area contributed by atoms with Crippen LogP contribution >= 0.6 is 0 Å². The summed E-state index contributed by atoms with van der Waals surface area (Å²) in [7, 11) is 0. The van der Waals surface area contributed by atoms with Gasteiger partial charge in [0.25, 0.3) is 0 Å². The van der Waals surface area contributed by atoms with Crippen molar-refractivity contribution in [1.82, 2.24) is 19.5 Å². The summed E-state index contributed by atoms with van der Waals surface area (Å²) < 4.78 is 1.94. The van der Waals surface area contributed by atoms with E-state index in [2.05, 4.69) is 24.3 Å². The van der Waals surface area contributed by atoms with Crippen LogP contribution in [0.2, 0.25) is 0 Å². The Kier molecular flexibility index (Phi) is 7.52. The SMILES string of the molecule is N#Cc1cccc(C#N)c1-c1ccc2c3ccc(-c4c(C#N)cccc4C#N)cc3n(-c3nc(-c4ccccc4)nc(-c4ccccc4)n3)c2c1. The summed E-state index contributed by atoms with van der Waals surface area (Å²) in [6.45, 7) is 0. The Balaban J connectivity index is 1.50. The largest absolute Gasteiger partial charge is 0.278 e. The van der Waals surface area contributed by atoms with Gasteiger partial charge in [0.15, 0.2) is 11.6 Å². The van der Waals surface area contributed by atoms with Gasteiger partial charge in [0, 0.05) is 33.0 Å². The molecule has 0 bridgehead atoms. The maximum atomic E-state index is 10.0. The Labute approximate surface area is 292 Å². The number of rotatable bonds is 5. The predicted molar refractivity (Wildman–Crippen MR) is 195 cm³/mol. The Hall–Kier alpha value is -7.91. The van der Waals surface area contributed by atoms with Gasteiger partial charge in [-0.3, -0.25) is 4.57 Å². The Morgan fingerprint density at radius 1 is 0.392 bits per heavy atom. The molecule has 0 aliphatic rings. The van der Waals surface area contributed by atoms with Crippen LogP contribution in [0.5, 0.6) is 0 Å². The molecule has 0 fully saturated rings. The minimum absolute atomic E-state index is 0.347. The summed E-state index contributed by atoms with van der Waals surface area (Å²) in [5, 5.41) is 41.9. The normalized spacial score (nSPS) is 10.7. The van der Waals surface area contributed by atoms with Gasteiger partial charge in [0.05, 0.1) is 57.6 Å². The van der Waals surface area contributed by atoms with Crippen LogP contribution in [-0.2, 0) is 0 Å². The quantitative estimate of drug-likeness (QED) is 0.181. The lowest BCUT2D eigenvalue weighted by molar-refractivity contribution is 0.953. The van der Waals surface area contributed by atoms with Crippen LogP contribution in [-0.4, -0.2) is 19.5 Å². The number of hydrogen-bond donors (Lipinski definition) is 0. The monoisotopic (exact) mass is 650 g/mol. The third-order valence-electron chi connectivity index (χ3n) is 8.84. The van der Waals surface area contributed by atoms with E-state index in [0.29, 0.717) is 62.1 Å². The first kappa shape index (κ1) is 30.4. The molecular weight excluding hydrogens is 629 g/mol. The van der Waals surface area contributed by atoms with Crippen molar-refractivity contribution in [3.05, 3.63) is 156 Å². The summed E-state index contributed by atoms with van der Waals surface area (Å²) in [6, 6.07) is 50.2. The van der Waals surface area contributed by atoms with E-state index in [-0.39, 0.29) is 0 Å². The van der Waals surface area contributed by atoms with E-state index in [9.17, 15) is 21.0 Å². The molecule has 8 aromatic rings. The molecule has 0 amide bonds. The average Bonchev–Trinajstić information content (AvgIpc) is 3.53. The van der Waals surface area contributed by atoms with Gasteiger partial charge in [-0.05, 0) is 47.5 Å². The van der Waals surface area contributed by atoms with Crippen LogP contribution in [0, 0.1) is 45.3 Å². The molecule has 8 heteroatoms. The molecule has 0 unspecified atom stereocenters. The van der Waals surface area contributed by atoms with Gasteiger partial charge >= 0.3 is 0 Å². The van der Waals surface area contributed by atoms with Gasteiger partial charge in [-0.1, -0.05) is 97.1 Å². The van der Waals surface area contributed by atoms with Gasteiger partial charge in [0.2, 0.25) is 5.95 Å². The summed E-state index contributed by atoms with van der Waals surface area (Å²) in [4.78, 5) is 15.0. The number of aromatic nitrogens is 4. The van der Waals surface area contributed by atoms with Crippen LogP contribution in [0.25, 0.3) is 72.8 Å². The first-order chi connectivity index (χ1) is 25.1. The molecule has 0 saturated heterocycles. The number of nitrogens with zero attached hydrogens (tertiary/aromatic N) is 8. The lowest BCUT2D eigenvalue weighted by Gasteiger charge is -2.12. The van der Waals surface area contributed by atoms with E-state index in [1.807, 2.05) is 102 Å². The van der Waals surface area contributed by atoms with Crippen molar-refractivity contribution in [3.63, 3.8) is 0 Å². The standard InChI is InChI=1S/C43H22N8/c44-23-31-13-7-14-32(24-45)39(31)29-17-19-35-36-20-18-30(40-33(25-46)15-8-16-34(40)26-47)22-38(36)51(37(35)21-29)43-49-41(27-9-3-1-4-10-27)48-42(50-43)28-11-5-2-6-12-28/h1-22H. The van der Waals surface area contributed by atoms with Gasteiger partial charge in [-0.25, -0.2) is 4.98 Å². The fourth-order valence-electron chi connectivity index (χ4n) is 6.54. The van der Waals surface area contributed by atoms with E-state index in [1.54, 1.807) is 36.4 Å². The smallest absolute Gasteiger partial charge is 0.238 e. The van der Waals surface area contributed by atoms with Crippen molar-refractivity contribution in [2.45, 2.75) is 0 Å². The van der Waals surface area contributed by atoms with Gasteiger partial charge in [-0.2, -0.15) is 31.0 Å². The second kappa shape index (κ2) is 12.6. The first-order valence-electron chi connectivity index (χ1n) is 15.9. The number of nitriles is 4. The molecule has 0 atom stereocenters.